The molecule has 0 radical (unpaired) electrons. The first-order chi connectivity index (χ1) is 9.40. The third-order valence-corrected chi connectivity index (χ3v) is 3.90. The molecule has 0 aromatic heterocycles. The Morgan fingerprint density at radius 3 is 2.25 bits per heavy atom. The Labute approximate surface area is 126 Å². The highest BCUT2D eigenvalue weighted by Gasteiger charge is 2.12. The Hall–Kier alpha value is -1.78. The Morgan fingerprint density at radius 2 is 1.70 bits per heavy atom. The van der Waals surface area contributed by atoms with Gasteiger partial charge in [-0.3, -0.25) is 10.1 Å². The number of ether oxygens (including phenoxy) is 1. The maximum absolute atomic E-state index is 10.6. The van der Waals surface area contributed by atoms with Crippen LogP contribution in [0.15, 0.2) is 30.3 Å². The normalized spacial score (nSPS) is 10.4. The van der Waals surface area contributed by atoms with Gasteiger partial charge in [0.15, 0.2) is 0 Å². The molecule has 104 valence electrons. The summed E-state index contributed by atoms with van der Waals surface area (Å²) >= 11 is 12.3. The van der Waals surface area contributed by atoms with Crippen molar-refractivity contribution in [2.24, 2.45) is 0 Å². The second-order valence-corrected chi connectivity index (χ2v) is 5.05. The summed E-state index contributed by atoms with van der Waals surface area (Å²) in [5.74, 6) is 0.943. The number of rotatable bonds is 3. The van der Waals surface area contributed by atoms with Gasteiger partial charge in [-0.15, -0.1) is 0 Å². The summed E-state index contributed by atoms with van der Waals surface area (Å²) in [6.45, 7) is 3.66. The van der Waals surface area contributed by atoms with Crippen LogP contribution >= 0.6 is 23.2 Å². The molecule has 0 aliphatic heterocycles. The summed E-state index contributed by atoms with van der Waals surface area (Å²) in [7, 11) is 0. The molecule has 2 aromatic rings. The zero-order valence-corrected chi connectivity index (χ0v) is 12.3. The molecule has 0 amide bonds. The van der Waals surface area contributed by atoms with E-state index in [0.29, 0.717) is 21.5 Å². The molecule has 0 heterocycles. The van der Waals surface area contributed by atoms with E-state index in [-0.39, 0.29) is 5.69 Å². The number of benzene rings is 2. The molecule has 6 heteroatoms. The number of nitro benzene ring substituents is 1. The molecule has 0 aliphatic rings. The van der Waals surface area contributed by atoms with E-state index in [4.69, 9.17) is 27.9 Å². The Balaban J connectivity index is 2.33. The summed E-state index contributed by atoms with van der Waals surface area (Å²) in [5.41, 5.74) is 1.60. The molecule has 0 atom stereocenters. The van der Waals surface area contributed by atoms with Crippen LogP contribution in [0.4, 0.5) is 5.69 Å². The van der Waals surface area contributed by atoms with Gasteiger partial charge in [0.1, 0.15) is 11.5 Å². The van der Waals surface area contributed by atoms with Crippen molar-refractivity contribution in [3.8, 4) is 11.5 Å². The molecule has 0 fully saturated rings. The second kappa shape index (κ2) is 5.69. The topological polar surface area (TPSA) is 52.4 Å². The molecule has 0 bridgehead atoms. The average Bonchev–Trinajstić information content (AvgIpc) is 2.43. The van der Waals surface area contributed by atoms with Gasteiger partial charge in [0, 0.05) is 17.2 Å². The fraction of sp³-hybridized carbons (Fsp3) is 0.143. The van der Waals surface area contributed by atoms with Gasteiger partial charge in [0.05, 0.1) is 9.95 Å². The zero-order valence-electron chi connectivity index (χ0n) is 10.8. The van der Waals surface area contributed by atoms with E-state index >= 15 is 0 Å². The third-order valence-electron chi connectivity index (χ3n) is 2.84. The van der Waals surface area contributed by atoms with Gasteiger partial charge in [-0.25, -0.2) is 0 Å². The molecule has 20 heavy (non-hydrogen) atoms. The second-order valence-electron chi connectivity index (χ2n) is 4.30. The predicted molar refractivity (Wildman–Crippen MR) is 79.1 cm³/mol. The van der Waals surface area contributed by atoms with Gasteiger partial charge < -0.3 is 4.74 Å². The quantitative estimate of drug-likeness (QED) is 0.570. The van der Waals surface area contributed by atoms with Crippen molar-refractivity contribution in [1.82, 2.24) is 0 Å². The van der Waals surface area contributed by atoms with E-state index in [1.807, 2.05) is 6.92 Å². The first-order valence-electron chi connectivity index (χ1n) is 5.77. The molecule has 0 spiro atoms. The summed E-state index contributed by atoms with van der Waals surface area (Å²) in [4.78, 5) is 10.1. The highest BCUT2D eigenvalue weighted by Crippen LogP contribution is 2.37. The lowest BCUT2D eigenvalue weighted by Crippen LogP contribution is -1.92. The van der Waals surface area contributed by atoms with Crippen molar-refractivity contribution < 1.29 is 9.66 Å². The van der Waals surface area contributed by atoms with E-state index in [1.165, 1.54) is 24.3 Å². The van der Waals surface area contributed by atoms with E-state index in [2.05, 4.69) is 0 Å². The van der Waals surface area contributed by atoms with E-state index in [9.17, 15) is 10.1 Å². The van der Waals surface area contributed by atoms with Gasteiger partial charge in [-0.05, 0) is 43.2 Å². The predicted octanol–water partition coefficient (Wildman–Crippen LogP) is 5.31. The molecular formula is C14H11Cl2NO3. The van der Waals surface area contributed by atoms with Crippen LogP contribution in [0, 0.1) is 24.0 Å². The number of aryl methyl sites for hydroxylation is 1. The summed E-state index contributed by atoms with van der Waals surface area (Å²) < 4.78 is 5.65. The van der Waals surface area contributed by atoms with Crippen LogP contribution in [-0.4, -0.2) is 4.92 Å². The fourth-order valence-electron chi connectivity index (χ4n) is 1.74. The van der Waals surface area contributed by atoms with Crippen molar-refractivity contribution in [3.05, 3.63) is 61.6 Å². The summed E-state index contributed by atoms with van der Waals surface area (Å²) in [5, 5.41) is 11.6. The van der Waals surface area contributed by atoms with Crippen LogP contribution in [0.1, 0.15) is 11.1 Å². The van der Waals surface area contributed by atoms with Gasteiger partial charge in [-0.2, -0.15) is 0 Å². The average molecular weight is 312 g/mol. The van der Waals surface area contributed by atoms with Crippen molar-refractivity contribution in [2.45, 2.75) is 13.8 Å². The van der Waals surface area contributed by atoms with Gasteiger partial charge in [-0.1, -0.05) is 23.2 Å². The molecule has 0 unspecified atom stereocenters. The van der Waals surface area contributed by atoms with Crippen LogP contribution in [0.5, 0.6) is 11.5 Å². The minimum absolute atomic E-state index is 0.00640. The van der Waals surface area contributed by atoms with Gasteiger partial charge in [0.2, 0.25) is 0 Å². The van der Waals surface area contributed by atoms with E-state index in [0.717, 1.165) is 11.1 Å². The zero-order chi connectivity index (χ0) is 14.9. The highest BCUT2D eigenvalue weighted by molar-refractivity contribution is 6.37. The third kappa shape index (κ3) is 2.86. The first-order valence-corrected chi connectivity index (χ1v) is 6.53. The largest absolute Gasteiger partial charge is 0.456 e. The lowest BCUT2D eigenvalue weighted by Gasteiger charge is -2.12. The van der Waals surface area contributed by atoms with Gasteiger partial charge >= 0.3 is 0 Å². The minimum atomic E-state index is -0.465. The minimum Gasteiger partial charge on any atom is -0.456 e. The maximum atomic E-state index is 10.6. The van der Waals surface area contributed by atoms with Crippen LogP contribution in [-0.2, 0) is 0 Å². The Bertz CT molecular complexity index is 669. The Morgan fingerprint density at radius 1 is 1.10 bits per heavy atom. The molecule has 2 rings (SSSR count). The number of hydrogen-bond acceptors (Lipinski definition) is 3. The SMILES string of the molecule is Cc1cc(Oc2ccc([N+](=O)[O-])cc2)c(Cl)c(C)c1Cl. The molecule has 0 N–H and O–H groups in total. The van der Waals surface area contributed by atoms with Crippen molar-refractivity contribution in [3.63, 3.8) is 0 Å². The first kappa shape index (κ1) is 14.6. The Kier molecular flexibility index (Phi) is 4.16. The molecule has 2 aromatic carbocycles. The number of halogens is 2. The molecule has 0 saturated carbocycles. The molecule has 0 aliphatic carbocycles. The van der Waals surface area contributed by atoms with Crippen molar-refractivity contribution in [2.75, 3.05) is 0 Å². The van der Waals surface area contributed by atoms with E-state index < -0.39 is 4.92 Å². The highest BCUT2D eigenvalue weighted by atomic mass is 35.5. The summed E-state index contributed by atoms with van der Waals surface area (Å²) in [6.07, 6.45) is 0. The van der Waals surface area contributed by atoms with Crippen LogP contribution in [0.3, 0.4) is 0 Å². The molecule has 4 nitrogen and oxygen atoms in total. The lowest BCUT2D eigenvalue weighted by atomic mass is 10.1. The fourth-order valence-corrected chi connectivity index (χ4v) is 2.12. The van der Waals surface area contributed by atoms with Crippen LogP contribution in [0.25, 0.3) is 0 Å². The maximum Gasteiger partial charge on any atom is 0.269 e. The monoisotopic (exact) mass is 311 g/mol. The smallest absolute Gasteiger partial charge is 0.269 e. The molecular weight excluding hydrogens is 301 g/mol. The lowest BCUT2D eigenvalue weighted by molar-refractivity contribution is -0.384. The van der Waals surface area contributed by atoms with Crippen LogP contribution in [0.2, 0.25) is 10.0 Å². The number of nitro groups is 1. The van der Waals surface area contributed by atoms with Gasteiger partial charge in [0.25, 0.3) is 5.69 Å². The number of non-ortho nitro benzene ring substituents is 1. The number of hydrogen-bond donors (Lipinski definition) is 0. The standard InChI is InChI=1S/C14H11Cl2NO3/c1-8-7-12(14(16)9(2)13(8)15)20-11-5-3-10(4-6-11)17(18)19/h3-7H,1-2H3. The van der Waals surface area contributed by atoms with E-state index in [1.54, 1.807) is 13.0 Å². The van der Waals surface area contributed by atoms with Crippen molar-refractivity contribution >= 4 is 28.9 Å². The molecule has 0 saturated heterocycles. The van der Waals surface area contributed by atoms with Crippen LogP contribution < -0.4 is 4.74 Å². The summed E-state index contributed by atoms with van der Waals surface area (Å²) in [6, 6.07) is 7.53. The van der Waals surface area contributed by atoms with Crippen molar-refractivity contribution in [1.29, 1.82) is 0 Å². The number of nitrogens with zero attached hydrogens (tertiary/aromatic N) is 1.